The van der Waals surface area contributed by atoms with Gasteiger partial charge < -0.3 is 0 Å². The summed E-state index contributed by atoms with van der Waals surface area (Å²) in [5.74, 6) is 0. The van der Waals surface area contributed by atoms with Gasteiger partial charge in [-0.25, -0.2) is 0 Å². The van der Waals surface area contributed by atoms with E-state index in [4.69, 9.17) is 11.6 Å². The molecule has 1 aromatic rings. The van der Waals surface area contributed by atoms with Crippen molar-refractivity contribution in [1.82, 2.24) is 10.2 Å². The molecule has 0 fully saturated rings. The lowest BCUT2D eigenvalue weighted by atomic mass is 10.4. The van der Waals surface area contributed by atoms with Crippen molar-refractivity contribution < 1.29 is 0 Å². The molecule has 0 atom stereocenters. The largest absolute Gasteiger partial charge is 0.277 e. The first kappa shape index (κ1) is 14.4. The highest BCUT2D eigenvalue weighted by Gasteiger charge is 2.34. The molecule has 9 heteroatoms. The van der Waals surface area contributed by atoms with Crippen LogP contribution in [0.1, 0.15) is 11.4 Å². The molecule has 0 aliphatic rings. The Morgan fingerprint density at radius 3 is 1.71 bits per heavy atom. The number of halogens is 7. The van der Waals surface area contributed by atoms with Gasteiger partial charge in [0.2, 0.25) is 0 Å². The Labute approximate surface area is 136 Å². The molecule has 0 radical (unpaired) electrons. The highest BCUT2D eigenvalue weighted by atomic mass is 80.0. The topological polar surface area (TPSA) is 28.7 Å². The standard InChI is InChI=1S/C5HBr6ClN2/c6-4(7,8)2-1(12)3(14-13-2)5(9,10)11/h(H,13,14). The lowest BCUT2D eigenvalue weighted by molar-refractivity contribution is 0.992. The van der Waals surface area contributed by atoms with Crippen LogP contribution in [0.15, 0.2) is 0 Å². The van der Waals surface area contributed by atoms with Gasteiger partial charge in [-0.05, 0) is 0 Å². The van der Waals surface area contributed by atoms with E-state index < -0.39 is 4.29 Å². The third kappa shape index (κ3) is 3.43. The first-order valence-electron chi connectivity index (χ1n) is 3.02. The maximum absolute atomic E-state index is 6.12. The highest BCUT2D eigenvalue weighted by molar-refractivity contribution is 9.39. The Hall–Kier alpha value is 2.38. The van der Waals surface area contributed by atoms with Crippen LogP contribution in [0.25, 0.3) is 0 Å². The summed E-state index contributed by atoms with van der Waals surface area (Å²) in [6.45, 7) is 0. The average Bonchev–Trinajstić information content (AvgIpc) is 2.26. The number of aromatic nitrogens is 2. The minimum absolute atomic E-state index is 0.501. The Balaban J connectivity index is 3.23. The predicted octanol–water partition coefficient (Wildman–Crippen LogP) is 5.65. The number of rotatable bonds is 0. The van der Waals surface area contributed by atoms with Crippen molar-refractivity contribution in [1.29, 1.82) is 0 Å². The summed E-state index contributed by atoms with van der Waals surface area (Å²) in [4.78, 5) is 0. The molecule has 1 heterocycles. The zero-order valence-electron chi connectivity index (χ0n) is 6.09. The molecule has 1 N–H and O–H groups in total. The van der Waals surface area contributed by atoms with Gasteiger partial charge in [0.25, 0.3) is 0 Å². The van der Waals surface area contributed by atoms with Crippen molar-refractivity contribution in [2.45, 2.75) is 4.29 Å². The first-order chi connectivity index (χ1) is 6.14. The second-order valence-electron chi connectivity index (χ2n) is 2.26. The number of hydrogen-bond acceptors (Lipinski definition) is 1. The zero-order chi connectivity index (χ0) is 11.1. The Kier molecular flexibility index (Phi) is 5.09. The van der Waals surface area contributed by atoms with Crippen LogP contribution >= 0.6 is 107 Å². The fraction of sp³-hybridized carbons (Fsp3) is 0.400. The zero-order valence-corrected chi connectivity index (χ0v) is 16.4. The summed E-state index contributed by atoms with van der Waals surface area (Å²) in [7, 11) is 0. The molecule has 0 spiro atoms. The van der Waals surface area contributed by atoms with Crippen LogP contribution in [0.5, 0.6) is 0 Å². The Morgan fingerprint density at radius 2 is 1.50 bits per heavy atom. The van der Waals surface area contributed by atoms with Crippen molar-refractivity contribution in [2.24, 2.45) is 0 Å². The smallest absolute Gasteiger partial charge is 0.179 e. The minimum Gasteiger partial charge on any atom is -0.277 e. The van der Waals surface area contributed by atoms with Crippen LogP contribution in [0.3, 0.4) is 0 Å². The van der Waals surface area contributed by atoms with Crippen LogP contribution in [-0.4, -0.2) is 10.2 Å². The number of alkyl halides is 6. The van der Waals surface area contributed by atoms with E-state index in [-0.39, 0.29) is 0 Å². The minimum atomic E-state index is -0.628. The van der Waals surface area contributed by atoms with Gasteiger partial charge in [-0.15, -0.1) is 0 Å². The fourth-order valence-corrected chi connectivity index (χ4v) is 3.48. The molecule has 0 aromatic carbocycles. The number of nitrogens with zero attached hydrogens (tertiary/aromatic N) is 1. The molecule has 0 saturated heterocycles. The van der Waals surface area contributed by atoms with Gasteiger partial charge in [0.05, 0.1) is 10.7 Å². The average molecular weight is 604 g/mol. The second-order valence-corrected chi connectivity index (χ2v) is 16.2. The fourth-order valence-electron chi connectivity index (χ4n) is 0.704. The van der Waals surface area contributed by atoms with Gasteiger partial charge in [0.1, 0.15) is 5.69 Å². The van der Waals surface area contributed by atoms with Crippen LogP contribution < -0.4 is 0 Å². The highest BCUT2D eigenvalue weighted by Crippen LogP contribution is 2.51. The van der Waals surface area contributed by atoms with Gasteiger partial charge in [0.15, 0.2) is 4.29 Å². The van der Waals surface area contributed by atoms with E-state index in [1.807, 2.05) is 0 Å². The molecule has 0 aliphatic heterocycles. The number of H-pyrrole nitrogens is 1. The van der Waals surface area contributed by atoms with E-state index in [9.17, 15) is 0 Å². The molecular formula is C5HBr6ClN2. The Bertz CT molecular complexity index is 305. The summed E-state index contributed by atoms with van der Waals surface area (Å²) in [5, 5.41) is 7.38. The number of aromatic amines is 1. The van der Waals surface area contributed by atoms with Gasteiger partial charge in [-0.1, -0.05) is 107 Å². The molecule has 80 valence electrons. The van der Waals surface area contributed by atoms with E-state index in [2.05, 4.69) is 106 Å². The molecular weight excluding hydrogens is 603 g/mol. The number of hydrogen-bond donors (Lipinski definition) is 1. The quantitative estimate of drug-likeness (QED) is 0.382. The van der Waals surface area contributed by atoms with E-state index >= 15 is 0 Å². The molecule has 14 heavy (non-hydrogen) atoms. The van der Waals surface area contributed by atoms with Gasteiger partial charge in [0, 0.05) is 0 Å². The maximum atomic E-state index is 6.12. The third-order valence-electron chi connectivity index (χ3n) is 1.26. The predicted molar refractivity (Wildman–Crippen MR) is 80.5 cm³/mol. The van der Waals surface area contributed by atoms with Gasteiger partial charge in [-0.2, -0.15) is 5.10 Å². The van der Waals surface area contributed by atoms with Crippen molar-refractivity contribution in [3.8, 4) is 0 Å². The van der Waals surface area contributed by atoms with Crippen LogP contribution in [-0.2, 0) is 4.29 Å². The summed E-state index contributed by atoms with van der Waals surface area (Å²) >= 11 is 26.2. The molecule has 0 saturated carbocycles. The molecule has 0 aliphatic carbocycles. The third-order valence-corrected chi connectivity index (χ3v) is 3.94. The van der Waals surface area contributed by atoms with Crippen molar-refractivity contribution in [3.05, 3.63) is 16.4 Å². The van der Waals surface area contributed by atoms with Crippen molar-refractivity contribution in [2.75, 3.05) is 0 Å². The van der Waals surface area contributed by atoms with Gasteiger partial charge in [-0.3, -0.25) is 5.10 Å². The van der Waals surface area contributed by atoms with Crippen LogP contribution in [0.2, 0.25) is 5.02 Å². The van der Waals surface area contributed by atoms with E-state index in [1.54, 1.807) is 0 Å². The summed E-state index contributed by atoms with van der Waals surface area (Å²) in [6, 6.07) is 0. The normalized spacial score (nSPS) is 13.4. The van der Waals surface area contributed by atoms with Crippen LogP contribution in [0, 0.1) is 0 Å². The second kappa shape index (κ2) is 4.94. The monoisotopic (exact) mass is 597 g/mol. The summed E-state index contributed by atoms with van der Waals surface area (Å²) in [6.07, 6.45) is 0. The molecule has 0 amide bonds. The molecule has 2 nitrogen and oxygen atoms in total. The number of nitrogens with one attached hydrogen (secondary N) is 1. The Morgan fingerprint density at radius 1 is 1.00 bits per heavy atom. The molecule has 1 aromatic heterocycles. The maximum Gasteiger partial charge on any atom is 0.179 e. The summed E-state index contributed by atoms with van der Waals surface area (Å²) < 4.78 is -1.23. The lowest BCUT2D eigenvalue weighted by Crippen LogP contribution is -2.00. The van der Waals surface area contributed by atoms with Gasteiger partial charge >= 0.3 is 0 Å². The molecule has 0 bridgehead atoms. The summed E-state index contributed by atoms with van der Waals surface area (Å²) in [5.41, 5.74) is 1.29. The molecule has 0 unspecified atom stereocenters. The van der Waals surface area contributed by atoms with Crippen molar-refractivity contribution in [3.63, 3.8) is 0 Å². The molecule has 1 rings (SSSR count). The van der Waals surface area contributed by atoms with E-state index in [1.165, 1.54) is 0 Å². The first-order valence-corrected chi connectivity index (χ1v) is 8.16. The van der Waals surface area contributed by atoms with Crippen LogP contribution in [0.4, 0.5) is 0 Å². The van der Waals surface area contributed by atoms with E-state index in [0.29, 0.717) is 16.4 Å². The lowest BCUT2D eigenvalue weighted by Gasteiger charge is -2.11. The van der Waals surface area contributed by atoms with Crippen molar-refractivity contribution >= 4 is 107 Å². The van der Waals surface area contributed by atoms with E-state index in [0.717, 1.165) is 0 Å². The SMILES string of the molecule is Clc1c(C(Br)(Br)Br)n[nH]c1C(Br)(Br)Br.